The van der Waals surface area contributed by atoms with Crippen LogP contribution in [0.3, 0.4) is 0 Å². The Balaban J connectivity index is 0.0000000968. The molecule has 0 N–H and O–H groups in total. The predicted octanol–water partition coefficient (Wildman–Crippen LogP) is 22.6. The molecule has 10 heterocycles. The molecule has 0 unspecified atom stereocenters. The molecule has 0 amide bonds. The zero-order chi connectivity index (χ0) is 94.5. The zero-order valence-corrected chi connectivity index (χ0v) is 77.9. The van der Waals surface area contributed by atoms with Gasteiger partial charge in [-0.05, 0) is 255 Å². The third-order valence-electron chi connectivity index (χ3n) is 32.6. The number of benzene rings is 7. The van der Waals surface area contributed by atoms with Gasteiger partial charge in [0, 0.05) is 59.2 Å². The number of rotatable bonds is 10. The molecule has 15 aliphatic rings. The van der Waals surface area contributed by atoms with Crippen LogP contribution in [0.2, 0.25) is 0 Å². The first-order valence-corrected chi connectivity index (χ1v) is 48.1. The molecule has 10 fully saturated rings. The number of hydrogen-bond donors (Lipinski definition) is 0. The van der Waals surface area contributed by atoms with Crippen LogP contribution in [0.1, 0.15) is 178 Å². The highest BCUT2D eigenvalue weighted by atomic mass is 19.1. The van der Waals surface area contributed by atoms with Crippen molar-refractivity contribution in [2.24, 2.45) is 27.1 Å². The number of halogens is 5. The van der Waals surface area contributed by atoms with E-state index >= 15 is 0 Å². The van der Waals surface area contributed by atoms with Gasteiger partial charge in [-0.2, -0.15) is 25.5 Å². The van der Waals surface area contributed by atoms with Crippen LogP contribution < -0.4 is 0 Å². The van der Waals surface area contributed by atoms with Crippen molar-refractivity contribution in [3.05, 3.63) is 375 Å². The Bertz CT molecular complexity index is 6380. The van der Waals surface area contributed by atoms with Crippen molar-refractivity contribution in [2.75, 3.05) is 33.0 Å². The maximum atomic E-state index is 13.3. The molecule has 5 aromatic heterocycles. The molecule has 0 radical (unpaired) electrons. The molecule has 25 heteroatoms. The summed E-state index contributed by atoms with van der Waals surface area (Å²) >= 11 is 0. The van der Waals surface area contributed by atoms with Gasteiger partial charge in [0.25, 0.3) is 0 Å². The number of fused-ring (bicyclic) bond motifs is 15. The Morgan fingerprint density at radius 3 is 0.681 bits per heavy atom. The number of ether oxygens (including phenoxy) is 10. The molecule has 7 aromatic carbocycles. The second-order valence-corrected chi connectivity index (χ2v) is 40.1. The van der Waals surface area contributed by atoms with Crippen LogP contribution in [-0.2, 0) is 79.5 Å². The Hall–Kier alpha value is -12.2. The van der Waals surface area contributed by atoms with Gasteiger partial charge in [-0.1, -0.05) is 141 Å². The van der Waals surface area contributed by atoms with E-state index in [0.29, 0.717) is 33.0 Å². The fourth-order valence-electron chi connectivity index (χ4n) is 24.7. The van der Waals surface area contributed by atoms with E-state index in [1.807, 2.05) is 109 Å². The van der Waals surface area contributed by atoms with Crippen LogP contribution in [0.15, 0.2) is 279 Å². The monoisotopic (exact) mass is 1860 g/mol. The Labute approximate surface area is 798 Å². The first-order valence-electron chi connectivity index (χ1n) is 48.1. The zero-order valence-electron chi connectivity index (χ0n) is 77.9. The largest absolute Gasteiger partial charge is 0.346 e. The van der Waals surface area contributed by atoms with Crippen molar-refractivity contribution in [1.29, 1.82) is 0 Å². The summed E-state index contributed by atoms with van der Waals surface area (Å²) in [5.41, 5.74) is 23.5. The molecule has 15 atom stereocenters. The standard InChI is InChI=1S/2C25H23FN2O2.3C21H21FN2O2/c2*1-24-14-18-15-27-28(21-9-7-20(26)8-10-21)22(18)13-19(24)11-12-25(24)29-16-23(30-25)17-5-3-2-4-6-17;3*1-3-18-13-25-21(26-18)9-8-15-10-19-14(11-20(15,21)2)12-23-24(19)17-6-4-16(22)5-7-17/h2*2-10,13,15,23H,11-12,14,16H2,1H3;3*3-7,10,12,18H,1,8-9,11,13H2,2H3/t23-,24-,25+;23-,24-,25-;18-,20+,21+;18-,20+,21-;18-,20-,21-/m00110/s1. The van der Waals surface area contributed by atoms with Crippen LogP contribution >= 0.6 is 0 Å². The predicted molar refractivity (Wildman–Crippen MR) is 512 cm³/mol. The summed E-state index contributed by atoms with van der Waals surface area (Å²) in [5.74, 6) is -4.15. The van der Waals surface area contributed by atoms with Gasteiger partial charge >= 0.3 is 0 Å². The van der Waals surface area contributed by atoms with E-state index in [9.17, 15) is 22.0 Å². The topological polar surface area (TPSA) is 181 Å². The van der Waals surface area contributed by atoms with E-state index in [2.05, 4.69) is 134 Å². The molecule has 5 saturated heterocycles. The van der Waals surface area contributed by atoms with Gasteiger partial charge in [0.1, 0.15) is 59.6 Å². The van der Waals surface area contributed by atoms with Crippen LogP contribution in [0.4, 0.5) is 22.0 Å². The van der Waals surface area contributed by atoms with Gasteiger partial charge in [0.05, 0.1) is 121 Å². The molecule has 10 aliphatic carbocycles. The fourth-order valence-corrected chi connectivity index (χ4v) is 24.7. The van der Waals surface area contributed by atoms with Gasteiger partial charge in [0.15, 0.2) is 28.9 Å². The number of aromatic nitrogens is 10. The minimum absolute atomic E-state index is 0.0364. The molecule has 138 heavy (non-hydrogen) atoms. The number of hydrogen-bond acceptors (Lipinski definition) is 15. The molecule has 5 aliphatic heterocycles. The van der Waals surface area contributed by atoms with Crippen molar-refractivity contribution in [3.8, 4) is 28.4 Å². The third kappa shape index (κ3) is 14.6. The van der Waals surface area contributed by atoms with E-state index < -0.39 is 28.9 Å². The lowest BCUT2D eigenvalue weighted by atomic mass is 9.72. The SMILES string of the molecule is C=C[C@@H]1CO[C@@]2(CCC3=Cc4c(cnn4-c4ccc(F)cc4)C[C@@]32C)O1.C=C[C@@H]1CO[C@]2(CCC3=Cc4c(cnn4-c4ccc(F)cc4)C[C@@]32C)O1.C=C[C@H]1CO[C@@]2(CCC3=Cc4c(cnn4-c4ccc(F)cc4)C[C@@]32C)O1.C[C@]12Cc3cnn(-c4ccc(F)cc4)c3C=C1CC[C@@]21OC[C@@H](c2ccccc2)O1.C[C@]12Cc3cnn(-c4ccc(F)cc4)c3C=C1CC[C@]21OC[C@@H](c2ccccc2)O1. The second kappa shape index (κ2) is 34.1. The highest BCUT2D eigenvalue weighted by Crippen LogP contribution is 2.66. The van der Waals surface area contributed by atoms with E-state index in [4.69, 9.17) is 47.4 Å². The van der Waals surface area contributed by atoms with Crippen molar-refractivity contribution >= 4 is 30.4 Å². The summed E-state index contributed by atoms with van der Waals surface area (Å²) in [6.45, 7) is 25.6. The summed E-state index contributed by atoms with van der Waals surface area (Å²) in [6, 6.07) is 52.9. The maximum absolute atomic E-state index is 13.3. The van der Waals surface area contributed by atoms with E-state index in [0.717, 1.165) is 181 Å². The minimum atomic E-state index is -0.602. The Morgan fingerprint density at radius 2 is 0.478 bits per heavy atom. The van der Waals surface area contributed by atoms with Crippen molar-refractivity contribution in [1.82, 2.24) is 48.9 Å². The average Bonchev–Trinajstić information content (AvgIpc) is 1.55. The lowest BCUT2D eigenvalue weighted by Crippen LogP contribution is -2.46. The molecular formula is C113H109F5N10O10. The third-order valence-corrected chi connectivity index (χ3v) is 32.6. The van der Waals surface area contributed by atoms with Crippen LogP contribution in [0.5, 0.6) is 0 Å². The van der Waals surface area contributed by atoms with Crippen LogP contribution in [0.25, 0.3) is 58.8 Å². The Morgan fingerprint density at radius 1 is 0.275 bits per heavy atom. The van der Waals surface area contributed by atoms with Gasteiger partial charge < -0.3 is 47.4 Å². The summed E-state index contributed by atoms with van der Waals surface area (Å²) < 4.78 is 140. The van der Waals surface area contributed by atoms with Gasteiger partial charge in [-0.15, -0.1) is 19.7 Å². The first kappa shape index (κ1) is 89.7. The quantitative estimate of drug-likeness (QED) is 0.0931. The van der Waals surface area contributed by atoms with Crippen molar-refractivity contribution in [3.63, 3.8) is 0 Å². The molecule has 27 rings (SSSR count). The highest BCUT2D eigenvalue weighted by molar-refractivity contribution is 5.68. The summed E-state index contributed by atoms with van der Waals surface area (Å²) in [5, 5.41) is 22.9. The second-order valence-electron chi connectivity index (χ2n) is 40.1. The minimum Gasteiger partial charge on any atom is -0.346 e. The van der Waals surface area contributed by atoms with Crippen LogP contribution in [0, 0.1) is 56.2 Å². The van der Waals surface area contributed by atoms with Gasteiger partial charge in [-0.25, -0.2) is 45.4 Å². The molecule has 12 aromatic rings. The molecule has 706 valence electrons. The number of nitrogens with zero attached hydrogens (tertiary/aromatic N) is 10. The van der Waals surface area contributed by atoms with Gasteiger partial charge in [-0.3, -0.25) is 0 Å². The lowest BCUT2D eigenvalue weighted by molar-refractivity contribution is -0.219. The Kier molecular flexibility index (Phi) is 22.1. The van der Waals surface area contributed by atoms with Crippen LogP contribution in [-0.4, -0.2) is 129 Å². The molecule has 20 nitrogen and oxygen atoms in total. The first-order chi connectivity index (χ1) is 66.8. The van der Waals surface area contributed by atoms with E-state index in [-0.39, 0.29) is 86.7 Å². The van der Waals surface area contributed by atoms with Crippen molar-refractivity contribution < 1.29 is 69.3 Å². The van der Waals surface area contributed by atoms with Gasteiger partial charge in [0.2, 0.25) is 0 Å². The van der Waals surface area contributed by atoms with E-state index in [1.54, 1.807) is 60.7 Å². The summed E-state index contributed by atoms with van der Waals surface area (Å²) in [7, 11) is 0. The fraction of sp³-hybridized carbons (Fsp3) is 0.354. The average molecular weight is 1860 g/mol. The molecule has 5 spiro atoms. The van der Waals surface area contributed by atoms with Crippen molar-refractivity contribution in [2.45, 2.75) is 190 Å². The normalized spacial score (nSPS) is 31.2. The molecule has 5 saturated carbocycles. The molecular weight excluding hydrogens is 1750 g/mol. The van der Waals surface area contributed by atoms with E-state index in [1.165, 1.54) is 99.7 Å². The smallest absolute Gasteiger partial charge is 0.178 e. The molecule has 0 bridgehead atoms. The lowest BCUT2D eigenvalue weighted by Gasteiger charge is -2.41. The highest BCUT2D eigenvalue weighted by Gasteiger charge is 2.67. The summed E-state index contributed by atoms with van der Waals surface area (Å²) in [6.07, 6.45) is 39.0. The summed E-state index contributed by atoms with van der Waals surface area (Å²) in [4.78, 5) is 0. The maximum Gasteiger partial charge on any atom is 0.178 e.